The Morgan fingerprint density at radius 3 is 2.79 bits per heavy atom. The molecule has 1 aliphatic carbocycles. The fourth-order valence-corrected chi connectivity index (χ4v) is 2.54. The Morgan fingerprint density at radius 2 is 2.14 bits per heavy atom. The van der Waals surface area contributed by atoms with E-state index in [1.54, 1.807) is 0 Å². The molecule has 2 aliphatic rings. The maximum absolute atomic E-state index is 10.9. The molecule has 1 aliphatic heterocycles. The van der Waals surface area contributed by atoms with E-state index >= 15 is 0 Å². The van der Waals surface area contributed by atoms with Crippen molar-refractivity contribution in [1.82, 2.24) is 0 Å². The number of azo groups is 1. The number of carboxylic acids is 1. The van der Waals surface area contributed by atoms with Crippen LogP contribution in [-0.4, -0.2) is 23.2 Å². The molecule has 0 saturated heterocycles. The molecule has 4 nitrogen and oxygen atoms in total. The first-order valence-electron chi connectivity index (χ1n) is 5.12. The van der Waals surface area contributed by atoms with Crippen molar-refractivity contribution >= 4 is 5.97 Å². The van der Waals surface area contributed by atoms with Gasteiger partial charge in [-0.25, -0.2) is 4.79 Å². The average Bonchev–Trinajstić information content (AvgIpc) is 2.44. The second-order valence-electron chi connectivity index (χ2n) is 5.15. The molecule has 1 fully saturated rings. The maximum atomic E-state index is 10.9. The predicted octanol–water partition coefficient (Wildman–Crippen LogP) is 2.10. The smallest absolute Gasteiger partial charge is 0.330 e. The molecule has 4 heteroatoms. The monoisotopic (exact) mass is 196 g/mol. The summed E-state index contributed by atoms with van der Waals surface area (Å²) in [6.07, 6.45) is 3.01. The van der Waals surface area contributed by atoms with Crippen molar-refractivity contribution in [2.24, 2.45) is 21.6 Å². The molecule has 78 valence electrons. The van der Waals surface area contributed by atoms with Gasteiger partial charge in [-0.3, -0.25) is 0 Å². The number of carboxylic acid groups (broad SMARTS) is 1. The minimum absolute atomic E-state index is 0.153. The summed E-state index contributed by atoms with van der Waals surface area (Å²) in [6.45, 7) is 4.43. The van der Waals surface area contributed by atoms with E-state index in [-0.39, 0.29) is 12.0 Å². The van der Waals surface area contributed by atoms with Crippen molar-refractivity contribution in [1.29, 1.82) is 0 Å². The van der Waals surface area contributed by atoms with Crippen molar-refractivity contribution in [3.05, 3.63) is 0 Å². The Labute approximate surface area is 83.4 Å². The third-order valence-electron chi connectivity index (χ3n) is 3.41. The van der Waals surface area contributed by atoms with Crippen LogP contribution in [0, 0.1) is 11.3 Å². The van der Waals surface area contributed by atoms with Gasteiger partial charge in [0, 0.05) is 5.92 Å². The van der Waals surface area contributed by atoms with E-state index in [0.717, 1.165) is 19.3 Å². The first kappa shape index (κ1) is 9.62. The van der Waals surface area contributed by atoms with Crippen LogP contribution in [0.2, 0.25) is 0 Å². The zero-order valence-corrected chi connectivity index (χ0v) is 8.60. The molecular weight excluding hydrogens is 180 g/mol. The van der Waals surface area contributed by atoms with Crippen LogP contribution in [0.4, 0.5) is 0 Å². The third kappa shape index (κ3) is 1.53. The lowest BCUT2D eigenvalue weighted by Crippen LogP contribution is -2.37. The Morgan fingerprint density at radius 1 is 1.43 bits per heavy atom. The third-order valence-corrected chi connectivity index (χ3v) is 3.41. The van der Waals surface area contributed by atoms with E-state index in [2.05, 4.69) is 24.1 Å². The van der Waals surface area contributed by atoms with E-state index in [1.165, 1.54) is 0 Å². The highest BCUT2D eigenvalue weighted by Gasteiger charge is 2.45. The van der Waals surface area contributed by atoms with Gasteiger partial charge in [0.1, 0.15) is 0 Å². The topological polar surface area (TPSA) is 62.0 Å². The van der Waals surface area contributed by atoms with E-state index in [4.69, 9.17) is 5.11 Å². The molecule has 2 rings (SSSR count). The summed E-state index contributed by atoms with van der Waals surface area (Å²) in [5.41, 5.74) is 0.299. The van der Waals surface area contributed by atoms with Crippen LogP contribution in [0.3, 0.4) is 0 Å². The van der Waals surface area contributed by atoms with Gasteiger partial charge in [-0.2, -0.15) is 10.2 Å². The number of nitrogens with zero attached hydrogens (tertiary/aromatic N) is 2. The summed E-state index contributed by atoms with van der Waals surface area (Å²) in [4.78, 5) is 10.9. The lowest BCUT2D eigenvalue weighted by atomic mass is 9.69. The molecule has 0 amide bonds. The van der Waals surface area contributed by atoms with E-state index < -0.39 is 12.0 Å². The highest BCUT2D eigenvalue weighted by molar-refractivity contribution is 5.74. The second kappa shape index (κ2) is 3.04. The van der Waals surface area contributed by atoms with Gasteiger partial charge in [0.2, 0.25) is 0 Å². The molecule has 1 N–H and O–H groups in total. The Hall–Kier alpha value is -0.930. The van der Waals surface area contributed by atoms with Crippen LogP contribution in [-0.2, 0) is 4.79 Å². The van der Waals surface area contributed by atoms with Gasteiger partial charge in [0.25, 0.3) is 0 Å². The van der Waals surface area contributed by atoms with Crippen molar-refractivity contribution < 1.29 is 9.90 Å². The van der Waals surface area contributed by atoms with Gasteiger partial charge in [-0.1, -0.05) is 13.8 Å². The number of hydrogen-bond acceptors (Lipinski definition) is 3. The average molecular weight is 196 g/mol. The summed E-state index contributed by atoms with van der Waals surface area (Å²) in [7, 11) is 0. The van der Waals surface area contributed by atoms with E-state index in [0.29, 0.717) is 5.41 Å². The van der Waals surface area contributed by atoms with Crippen molar-refractivity contribution in [3.63, 3.8) is 0 Å². The van der Waals surface area contributed by atoms with Crippen molar-refractivity contribution in [2.75, 3.05) is 0 Å². The van der Waals surface area contributed by atoms with Crippen LogP contribution < -0.4 is 0 Å². The molecule has 3 atom stereocenters. The lowest BCUT2D eigenvalue weighted by molar-refractivity contribution is -0.139. The number of aliphatic carboxylic acids is 1. The zero-order chi connectivity index (χ0) is 10.3. The van der Waals surface area contributed by atoms with Crippen molar-refractivity contribution in [3.8, 4) is 0 Å². The first-order valence-corrected chi connectivity index (χ1v) is 5.12. The molecule has 0 spiro atoms. The molecule has 0 radical (unpaired) electrons. The van der Waals surface area contributed by atoms with Crippen LogP contribution in [0.1, 0.15) is 33.1 Å². The highest BCUT2D eigenvalue weighted by atomic mass is 16.4. The van der Waals surface area contributed by atoms with Gasteiger partial charge >= 0.3 is 5.97 Å². The van der Waals surface area contributed by atoms with E-state index in [9.17, 15) is 4.79 Å². The molecule has 1 saturated carbocycles. The highest BCUT2D eigenvalue weighted by Crippen LogP contribution is 2.44. The minimum Gasteiger partial charge on any atom is -0.480 e. The molecule has 0 aromatic rings. The summed E-state index contributed by atoms with van der Waals surface area (Å²) >= 11 is 0. The maximum Gasteiger partial charge on any atom is 0.330 e. The number of carbonyl (C=O) groups is 1. The van der Waals surface area contributed by atoms with Gasteiger partial charge in [0.05, 0.1) is 6.04 Å². The molecule has 1 heterocycles. The number of fused-ring (bicyclic) bond motifs is 1. The predicted molar refractivity (Wildman–Crippen MR) is 51.2 cm³/mol. The fourth-order valence-electron chi connectivity index (χ4n) is 2.54. The SMILES string of the molecule is CC1(C)CCC2C(C1)N=NC2C(=O)O. The summed E-state index contributed by atoms with van der Waals surface area (Å²) in [5, 5.41) is 16.9. The molecule has 0 aromatic carbocycles. The summed E-state index contributed by atoms with van der Waals surface area (Å²) in [6, 6.07) is -0.420. The van der Waals surface area contributed by atoms with Crippen LogP contribution in [0.5, 0.6) is 0 Å². The van der Waals surface area contributed by atoms with Crippen LogP contribution in [0.15, 0.2) is 10.2 Å². The van der Waals surface area contributed by atoms with Crippen molar-refractivity contribution in [2.45, 2.75) is 45.2 Å². The van der Waals surface area contributed by atoms with Gasteiger partial charge in [0.15, 0.2) is 6.04 Å². The zero-order valence-electron chi connectivity index (χ0n) is 8.60. The van der Waals surface area contributed by atoms with E-state index in [1.807, 2.05) is 0 Å². The van der Waals surface area contributed by atoms with Gasteiger partial charge in [-0.15, -0.1) is 0 Å². The second-order valence-corrected chi connectivity index (χ2v) is 5.15. The molecule has 0 aromatic heterocycles. The largest absolute Gasteiger partial charge is 0.480 e. The lowest BCUT2D eigenvalue weighted by Gasteiger charge is -2.36. The number of hydrogen-bond donors (Lipinski definition) is 1. The fraction of sp³-hybridized carbons (Fsp3) is 0.900. The molecule has 3 unspecified atom stereocenters. The first-order chi connectivity index (χ1) is 6.49. The Balaban J connectivity index is 2.11. The molecule has 14 heavy (non-hydrogen) atoms. The molecule has 0 bridgehead atoms. The Bertz CT molecular complexity index is 286. The summed E-state index contributed by atoms with van der Waals surface area (Å²) < 4.78 is 0. The molecular formula is C10H16N2O2. The van der Waals surface area contributed by atoms with Gasteiger partial charge < -0.3 is 5.11 Å². The Kier molecular flexibility index (Phi) is 2.09. The summed E-state index contributed by atoms with van der Waals surface area (Å²) in [5.74, 6) is -0.665. The van der Waals surface area contributed by atoms with Crippen LogP contribution >= 0.6 is 0 Å². The quantitative estimate of drug-likeness (QED) is 0.698. The van der Waals surface area contributed by atoms with Gasteiger partial charge in [-0.05, 0) is 24.7 Å². The van der Waals surface area contributed by atoms with Crippen LogP contribution in [0.25, 0.3) is 0 Å². The normalized spacial score (nSPS) is 39.4. The standard InChI is InChI=1S/C10H16N2O2/c1-10(2)4-3-6-7(5-10)11-12-8(6)9(13)14/h6-8H,3-5H2,1-2H3,(H,13,14). The number of rotatable bonds is 1. The minimum atomic E-state index is -0.819.